The maximum absolute atomic E-state index is 12.4. The van der Waals surface area contributed by atoms with Gasteiger partial charge in [-0.05, 0) is 60.7 Å². The predicted octanol–water partition coefficient (Wildman–Crippen LogP) is 5.21. The Morgan fingerprint density at radius 2 is 1.44 bits per heavy atom. The first-order chi connectivity index (χ1) is 13.2. The summed E-state index contributed by atoms with van der Waals surface area (Å²) in [5, 5.41) is 7.92. The van der Waals surface area contributed by atoms with Crippen LogP contribution in [-0.2, 0) is 0 Å². The average Bonchev–Trinajstić information content (AvgIpc) is 3.16. The van der Waals surface area contributed by atoms with Crippen molar-refractivity contribution in [2.45, 2.75) is 0 Å². The van der Waals surface area contributed by atoms with E-state index in [0.717, 1.165) is 22.3 Å². The lowest BCUT2D eigenvalue weighted by atomic mass is 10.0. The number of fused-ring (bicyclic) bond motifs is 1. The van der Waals surface area contributed by atoms with Gasteiger partial charge in [-0.1, -0.05) is 30.3 Å². The molecule has 0 aliphatic carbocycles. The topological polar surface area (TPSA) is 56.9 Å². The van der Waals surface area contributed by atoms with Crippen LogP contribution in [0, 0.1) is 0 Å². The molecule has 0 saturated heterocycles. The SMILES string of the molecule is O=C(c1ccccc1)c1ccc(NC(=S)Nc2ccc3[nH]ccc3c2)cc1. The third-order valence-electron chi connectivity index (χ3n) is 4.25. The van der Waals surface area contributed by atoms with Gasteiger partial charge in [0, 0.05) is 39.6 Å². The number of hydrogen-bond donors (Lipinski definition) is 3. The van der Waals surface area contributed by atoms with Gasteiger partial charge in [0.15, 0.2) is 10.9 Å². The van der Waals surface area contributed by atoms with E-state index < -0.39 is 0 Å². The lowest BCUT2D eigenvalue weighted by Gasteiger charge is -2.11. The minimum Gasteiger partial charge on any atom is -0.361 e. The lowest BCUT2D eigenvalue weighted by Crippen LogP contribution is -2.19. The van der Waals surface area contributed by atoms with Crippen LogP contribution >= 0.6 is 12.2 Å². The molecule has 0 aliphatic rings. The number of carbonyl (C=O) groups excluding carboxylic acids is 1. The summed E-state index contributed by atoms with van der Waals surface area (Å²) in [5.41, 5.74) is 4.13. The predicted molar refractivity (Wildman–Crippen MR) is 114 cm³/mol. The first-order valence-electron chi connectivity index (χ1n) is 8.54. The van der Waals surface area contributed by atoms with E-state index in [4.69, 9.17) is 12.2 Å². The number of ketones is 1. The Kier molecular flexibility index (Phi) is 4.68. The van der Waals surface area contributed by atoms with Crippen LogP contribution in [0.15, 0.2) is 85.1 Å². The van der Waals surface area contributed by atoms with E-state index in [1.165, 1.54) is 0 Å². The van der Waals surface area contributed by atoms with Crippen molar-refractivity contribution < 1.29 is 4.79 Å². The highest BCUT2D eigenvalue weighted by molar-refractivity contribution is 7.80. The zero-order valence-corrected chi connectivity index (χ0v) is 15.2. The van der Waals surface area contributed by atoms with Crippen molar-refractivity contribution in [2.75, 3.05) is 10.6 Å². The van der Waals surface area contributed by atoms with E-state index in [-0.39, 0.29) is 5.78 Å². The molecule has 4 aromatic rings. The van der Waals surface area contributed by atoms with Gasteiger partial charge in [0.05, 0.1) is 0 Å². The number of H-pyrrole nitrogens is 1. The highest BCUT2D eigenvalue weighted by Crippen LogP contribution is 2.19. The van der Waals surface area contributed by atoms with Gasteiger partial charge in [-0.15, -0.1) is 0 Å². The van der Waals surface area contributed by atoms with Crippen molar-refractivity contribution in [3.63, 3.8) is 0 Å². The largest absolute Gasteiger partial charge is 0.361 e. The number of anilines is 2. The Morgan fingerprint density at radius 1 is 0.778 bits per heavy atom. The molecule has 132 valence electrons. The normalized spacial score (nSPS) is 10.5. The summed E-state index contributed by atoms with van der Waals surface area (Å²) in [5.74, 6) is 0.00246. The average molecular weight is 371 g/mol. The maximum Gasteiger partial charge on any atom is 0.193 e. The Hall–Kier alpha value is -3.44. The number of benzene rings is 3. The zero-order valence-electron chi connectivity index (χ0n) is 14.4. The highest BCUT2D eigenvalue weighted by Gasteiger charge is 2.08. The van der Waals surface area contributed by atoms with Gasteiger partial charge >= 0.3 is 0 Å². The molecule has 0 atom stereocenters. The lowest BCUT2D eigenvalue weighted by molar-refractivity contribution is 0.103. The van der Waals surface area contributed by atoms with Gasteiger partial charge in [-0.3, -0.25) is 4.79 Å². The third-order valence-corrected chi connectivity index (χ3v) is 4.46. The molecule has 3 N–H and O–H groups in total. The van der Waals surface area contributed by atoms with Crippen LogP contribution < -0.4 is 10.6 Å². The molecule has 0 unspecified atom stereocenters. The molecule has 4 rings (SSSR count). The molecule has 1 heterocycles. The van der Waals surface area contributed by atoms with Crippen LogP contribution in [0.25, 0.3) is 10.9 Å². The number of hydrogen-bond acceptors (Lipinski definition) is 2. The van der Waals surface area contributed by atoms with Crippen molar-refractivity contribution in [1.29, 1.82) is 0 Å². The molecule has 27 heavy (non-hydrogen) atoms. The van der Waals surface area contributed by atoms with Crippen molar-refractivity contribution in [1.82, 2.24) is 4.98 Å². The molecule has 0 aliphatic heterocycles. The van der Waals surface area contributed by atoms with Crippen LogP contribution in [0.5, 0.6) is 0 Å². The van der Waals surface area contributed by atoms with Gasteiger partial charge in [0.25, 0.3) is 0 Å². The molecule has 0 bridgehead atoms. The molecule has 0 spiro atoms. The van der Waals surface area contributed by atoms with Gasteiger partial charge in [-0.2, -0.15) is 0 Å². The second-order valence-corrected chi connectivity index (χ2v) is 6.54. The van der Waals surface area contributed by atoms with Crippen molar-refractivity contribution in [2.24, 2.45) is 0 Å². The third kappa shape index (κ3) is 3.88. The molecule has 0 radical (unpaired) electrons. The number of aromatic nitrogens is 1. The summed E-state index contributed by atoms with van der Waals surface area (Å²) < 4.78 is 0. The van der Waals surface area contributed by atoms with E-state index >= 15 is 0 Å². The summed E-state index contributed by atoms with van der Waals surface area (Å²) in [7, 11) is 0. The second-order valence-electron chi connectivity index (χ2n) is 6.13. The Morgan fingerprint density at radius 3 is 2.22 bits per heavy atom. The minimum atomic E-state index is 0.00246. The van der Waals surface area contributed by atoms with Crippen LogP contribution in [0.1, 0.15) is 15.9 Å². The molecular weight excluding hydrogens is 354 g/mol. The second kappa shape index (κ2) is 7.43. The minimum absolute atomic E-state index is 0.00246. The molecule has 0 saturated carbocycles. The first-order valence-corrected chi connectivity index (χ1v) is 8.95. The molecule has 0 amide bonds. The quantitative estimate of drug-likeness (QED) is 0.341. The van der Waals surface area contributed by atoms with Crippen LogP contribution in [-0.4, -0.2) is 15.9 Å². The van der Waals surface area contributed by atoms with Crippen molar-refractivity contribution in [3.05, 3.63) is 96.2 Å². The number of rotatable bonds is 4. The summed E-state index contributed by atoms with van der Waals surface area (Å²) in [6.07, 6.45) is 1.91. The highest BCUT2D eigenvalue weighted by atomic mass is 32.1. The van der Waals surface area contributed by atoms with E-state index in [2.05, 4.69) is 15.6 Å². The monoisotopic (exact) mass is 371 g/mol. The smallest absolute Gasteiger partial charge is 0.193 e. The molecular formula is C22H17N3OS. The summed E-state index contributed by atoms with van der Waals surface area (Å²) >= 11 is 5.38. The number of carbonyl (C=O) groups is 1. The fourth-order valence-corrected chi connectivity index (χ4v) is 3.12. The fraction of sp³-hybridized carbons (Fsp3) is 0. The molecule has 3 aromatic carbocycles. The summed E-state index contributed by atoms with van der Waals surface area (Å²) in [4.78, 5) is 15.6. The zero-order chi connectivity index (χ0) is 18.6. The van der Waals surface area contributed by atoms with Crippen molar-refractivity contribution in [3.8, 4) is 0 Å². The first kappa shape index (κ1) is 17.0. The standard InChI is InChI=1S/C22H17N3OS/c26-21(15-4-2-1-3-5-15)16-6-8-18(9-7-16)24-22(27)25-19-10-11-20-17(14-19)12-13-23-20/h1-14,23H,(H2,24,25,27). The molecule has 5 heteroatoms. The van der Waals surface area contributed by atoms with Crippen LogP contribution in [0.2, 0.25) is 0 Å². The maximum atomic E-state index is 12.4. The van der Waals surface area contributed by atoms with Crippen molar-refractivity contribution >= 4 is 45.4 Å². The van der Waals surface area contributed by atoms with Gasteiger partial charge in [0.1, 0.15) is 0 Å². The van der Waals surface area contributed by atoms with E-state index in [1.807, 2.05) is 72.9 Å². The molecule has 4 nitrogen and oxygen atoms in total. The van der Waals surface area contributed by atoms with Crippen LogP contribution in [0.4, 0.5) is 11.4 Å². The van der Waals surface area contributed by atoms with Gasteiger partial charge in [-0.25, -0.2) is 0 Å². The van der Waals surface area contributed by atoms with Gasteiger partial charge in [0.2, 0.25) is 0 Å². The molecule has 0 fully saturated rings. The summed E-state index contributed by atoms with van der Waals surface area (Å²) in [6, 6.07) is 24.5. The van der Waals surface area contributed by atoms with E-state index in [9.17, 15) is 4.79 Å². The van der Waals surface area contributed by atoms with E-state index in [1.54, 1.807) is 12.1 Å². The fourth-order valence-electron chi connectivity index (χ4n) is 2.89. The Bertz CT molecular complexity index is 1100. The number of thiocarbonyl (C=S) groups is 1. The number of nitrogens with one attached hydrogen (secondary N) is 3. The summed E-state index contributed by atoms with van der Waals surface area (Å²) in [6.45, 7) is 0. The Balaban J connectivity index is 1.41. The van der Waals surface area contributed by atoms with E-state index in [0.29, 0.717) is 16.2 Å². The molecule has 1 aromatic heterocycles. The number of aromatic amines is 1. The van der Waals surface area contributed by atoms with Crippen LogP contribution in [0.3, 0.4) is 0 Å². The van der Waals surface area contributed by atoms with Gasteiger partial charge < -0.3 is 15.6 Å². The Labute approximate surface area is 162 Å².